The quantitative estimate of drug-likeness (QED) is 0.789. The van der Waals surface area contributed by atoms with Crippen LogP contribution in [0.15, 0.2) is 33.7 Å². The fourth-order valence-electron chi connectivity index (χ4n) is 2.36. The second-order valence-corrected chi connectivity index (χ2v) is 5.62. The van der Waals surface area contributed by atoms with Crippen molar-refractivity contribution in [3.63, 3.8) is 0 Å². The molecule has 0 amide bonds. The zero-order chi connectivity index (χ0) is 14.3. The van der Waals surface area contributed by atoms with Gasteiger partial charge in [0.1, 0.15) is 16.1 Å². The van der Waals surface area contributed by atoms with Gasteiger partial charge in [0, 0.05) is 24.2 Å². The summed E-state index contributed by atoms with van der Waals surface area (Å²) in [4.78, 5) is 8.79. The maximum atomic E-state index is 5.58. The SMILES string of the molecule is Cc1cc(C(C)Nc2nc(Br)cn3ccnc23)c(C)o1. The molecule has 20 heavy (non-hydrogen) atoms. The molecule has 0 fully saturated rings. The first-order valence-corrected chi connectivity index (χ1v) is 7.16. The highest BCUT2D eigenvalue weighted by molar-refractivity contribution is 9.10. The smallest absolute Gasteiger partial charge is 0.180 e. The number of hydrogen-bond donors (Lipinski definition) is 1. The van der Waals surface area contributed by atoms with E-state index in [-0.39, 0.29) is 6.04 Å². The van der Waals surface area contributed by atoms with Crippen molar-refractivity contribution in [1.82, 2.24) is 14.4 Å². The fourth-order valence-corrected chi connectivity index (χ4v) is 2.76. The van der Waals surface area contributed by atoms with Gasteiger partial charge in [0.25, 0.3) is 0 Å². The summed E-state index contributed by atoms with van der Waals surface area (Å²) in [6.07, 6.45) is 5.53. The topological polar surface area (TPSA) is 55.4 Å². The van der Waals surface area contributed by atoms with Gasteiger partial charge in [-0.25, -0.2) is 9.97 Å². The number of imidazole rings is 1. The van der Waals surface area contributed by atoms with Gasteiger partial charge < -0.3 is 14.1 Å². The highest BCUT2D eigenvalue weighted by atomic mass is 79.9. The van der Waals surface area contributed by atoms with E-state index in [0.29, 0.717) is 0 Å². The van der Waals surface area contributed by atoms with Gasteiger partial charge >= 0.3 is 0 Å². The Bertz CT molecular complexity index is 762. The Labute approximate surface area is 125 Å². The lowest BCUT2D eigenvalue weighted by Gasteiger charge is -2.14. The van der Waals surface area contributed by atoms with Crippen molar-refractivity contribution in [3.8, 4) is 0 Å². The Kier molecular flexibility index (Phi) is 3.25. The number of furan rings is 1. The molecular weight excluding hydrogens is 320 g/mol. The van der Waals surface area contributed by atoms with Gasteiger partial charge in [-0.05, 0) is 42.8 Å². The Hall–Kier alpha value is -1.82. The first-order valence-electron chi connectivity index (χ1n) is 6.37. The number of rotatable bonds is 3. The molecule has 3 aromatic heterocycles. The summed E-state index contributed by atoms with van der Waals surface area (Å²) in [7, 11) is 0. The molecular formula is C14H15BrN4O. The maximum absolute atomic E-state index is 5.58. The Morgan fingerprint density at radius 2 is 2.20 bits per heavy atom. The lowest BCUT2D eigenvalue weighted by molar-refractivity contribution is 0.500. The van der Waals surface area contributed by atoms with Crippen LogP contribution in [0.3, 0.4) is 0 Å². The van der Waals surface area contributed by atoms with Crippen LogP contribution in [-0.2, 0) is 0 Å². The Morgan fingerprint density at radius 3 is 2.90 bits per heavy atom. The van der Waals surface area contributed by atoms with E-state index in [0.717, 1.165) is 33.2 Å². The van der Waals surface area contributed by atoms with Crippen molar-refractivity contribution < 1.29 is 4.42 Å². The normalized spacial score (nSPS) is 12.8. The van der Waals surface area contributed by atoms with Crippen LogP contribution in [0.1, 0.15) is 30.0 Å². The summed E-state index contributed by atoms with van der Waals surface area (Å²) in [5.74, 6) is 2.59. The molecule has 3 rings (SSSR count). The van der Waals surface area contributed by atoms with E-state index in [2.05, 4.69) is 38.1 Å². The van der Waals surface area contributed by atoms with E-state index in [4.69, 9.17) is 4.42 Å². The van der Waals surface area contributed by atoms with E-state index >= 15 is 0 Å². The van der Waals surface area contributed by atoms with Gasteiger partial charge in [-0.1, -0.05) is 0 Å². The molecule has 1 N–H and O–H groups in total. The summed E-state index contributed by atoms with van der Waals surface area (Å²) in [5.41, 5.74) is 1.94. The lowest BCUT2D eigenvalue weighted by atomic mass is 10.1. The summed E-state index contributed by atoms with van der Waals surface area (Å²) in [6, 6.07) is 2.14. The van der Waals surface area contributed by atoms with Crippen LogP contribution in [0.4, 0.5) is 5.82 Å². The van der Waals surface area contributed by atoms with Gasteiger partial charge in [0.15, 0.2) is 11.5 Å². The van der Waals surface area contributed by atoms with Crippen LogP contribution in [-0.4, -0.2) is 14.4 Å². The molecule has 1 unspecified atom stereocenters. The van der Waals surface area contributed by atoms with Gasteiger partial charge in [-0.3, -0.25) is 0 Å². The fraction of sp³-hybridized carbons (Fsp3) is 0.286. The van der Waals surface area contributed by atoms with E-state index in [1.54, 1.807) is 6.20 Å². The molecule has 0 aliphatic heterocycles. The van der Waals surface area contributed by atoms with Gasteiger partial charge in [-0.2, -0.15) is 0 Å². The molecule has 0 spiro atoms. The number of aromatic nitrogens is 3. The minimum Gasteiger partial charge on any atom is -0.466 e. The number of hydrogen-bond acceptors (Lipinski definition) is 4. The van der Waals surface area contributed by atoms with E-state index < -0.39 is 0 Å². The number of anilines is 1. The number of aryl methyl sites for hydroxylation is 2. The molecule has 0 aromatic carbocycles. The molecule has 0 bridgehead atoms. The van der Waals surface area contributed by atoms with Crippen molar-refractivity contribution >= 4 is 27.4 Å². The predicted molar refractivity (Wildman–Crippen MR) is 80.9 cm³/mol. The second-order valence-electron chi connectivity index (χ2n) is 4.80. The summed E-state index contributed by atoms with van der Waals surface area (Å²) in [5, 5.41) is 3.40. The predicted octanol–water partition coefficient (Wildman–Crippen LogP) is 3.87. The third-order valence-electron chi connectivity index (χ3n) is 3.24. The van der Waals surface area contributed by atoms with Gasteiger partial charge in [-0.15, -0.1) is 0 Å². The highest BCUT2D eigenvalue weighted by Gasteiger charge is 2.15. The van der Waals surface area contributed by atoms with Crippen molar-refractivity contribution in [1.29, 1.82) is 0 Å². The Morgan fingerprint density at radius 1 is 1.40 bits per heavy atom. The first kappa shape index (κ1) is 13.2. The summed E-state index contributed by atoms with van der Waals surface area (Å²) in [6.45, 7) is 6.01. The average molecular weight is 335 g/mol. The van der Waals surface area contributed by atoms with Crippen LogP contribution in [0.5, 0.6) is 0 Å². The molecule has 0 saturated carbocycles. The van der Waals surface area contributed by atoms with Crippen LogP contribution in [0.2, 0.25) is 0 Å². The molecule has 3 heterocycles. The zero-order valence-electron chi connectivity index (χ0n) is 11.5. The summed E-state index contributed by atoms with van der Waals surface area (Å²) >= 11 is 3.41. The molecule has 104 valence electrons. The number of fused-ring (bicyclic) bond motifs is 1. The van der Waals surface area contributed by atoms with Gasteiger partial charge in [0.2, 0.25) is 0 Å². The van der Waals surface area contributed by atoms with E-state index in [9.17, 15) is 0 Å². The minimum atomic E-state index is 0.0924. The number of nitrogens with zero attached hydrogens (tertiary/aromatic N) is 3. The van der Waals surface area contributed by atoms with Crippen molar-refractivity contribution in [2.75, 3.05) is 5.32 Å². The maximum Gasteiger partial charge on any atom is 0.180 e. The van der Waals surface area contributed by atoms with Crippen molar-refractivity contribution in [3.05, 3.63) is 46.3 Å². The monoisotopic (exact) mass is 334 g/mol. The third kappa shape index (κ3) is 2.31. The molecule has 0 aliphatic carbocycles. The lowest BCUT2D eigenvalue weighted by Crippen LogP contribution is -2.10. The van der Waals surface area contributed by atoms with Crippen LogP contribution in [0, 0.1) is 13.8 Å². The van der Waals surface area contributed by atoms with Gasteiger partial charge in [0.05, 0.1) is 6.04 Å². The number of nitrogens with one attached hydrogen (secondary N) is 1. The molecule has 0 saturated heterocycles. The average Bonchev–Trinajstić information content (AvgIpc) is 2.95. The standard InChI is InChI=1S/C14H15BrN4O/c1-8-6-11(10(3)20-8)9(2)17-13-14-16-4-5-19(14)7-12(15)18-13/h4-7,9H,1-3H3,(H,17,18). The van der Waals surface area contributed by atoms with Crippen LogP contribution < -0.4 is 5.32 Å². The second kappa shape index (κ2) is 4.94. The zero-order valence-corrected chi connectivity index (χ0v) is 13.1. The molecule has 6 heteroatoms. The highest BCUT2D eigenvalue weighted by Crippen LogP contribution is 2.26. The molecule has 3 aromatic rings. The van der Waals surface area contributed by atoms with Crippen LogP contribution >= 0.6 is 15.9 Å². The Balaban J connectivity index is 1.96. The van der Waals surface area contributed by atoms with Crippen LogP contribution in [0.25, 0.3) is 5.65 Å². The van der Waals surface area contributed by atoms with E-state index in [1.807, 2.05) is 36.7 Å². The van der Waals surface area contributed by atoms with E-state index in [1.165, 1.54) is 0 Å². The molecule has 0 aliphatic rings. The summed E-state index contributed by atoms with van der Waals surface area (Å²) < 4.78 is 8.27. The third-order valence-corrected chi connectivity index (χ3v) is 3.63. The largest absolute Gasteiger partial charge is 0.466 e. The molecule has 1 atom stereocenters. The molecule has 5 nitrogen and oxygen atoms in total. The first-order chi connectivity index (χ1) is 9.54. The van der Waals surface area contributed by atoms with Crippen molar-refractivity contribution in [2.45, 2.75) is 26.8 Å². The van der Waals surface area contributed by atoms with Crippen molar-refractivity contribution in [2.24, 2.45) is 0 Å². The molecule has 0 radical (unpaired) electrons. The number of halogens is 1. The minimum absolute atomic E-state index is 0.0924.